The van der Waals surface area contributed by atoms with Crippen LogP contribution in [-0.2, 0) is 28.9 Å². The molecule has 12 heteroatoms. The molecule has 0 radical (unpaired) electrons. The summed E-state index contributed by atoms with van der Waals surface area (Å²) in [5, 5.41) is 12.4. The first-order chi connectivity index (χ1) is 18.3. The standard InChI is InChI=1S/C26H33ClFN7O3/c1-4-34-10-18(27)16-8-22(32-33-25(16)34)26(36)30-15-5-6-21-17(7-15)19(28)9-24(31-21)35-11-20(29)23(12-35)38-13-14(2)37-3/h8-10,14-15,20,23H,4-7,11-13,29H2,1-3H3,(H,30,36). The maximum absolute atomic E-state index is 15.3. The Morgan fingerprint density at radius 2 is 2.16 bits per heavy atom. The molecule has 0 aromatic carbocycles. The highest BCUT2D eigenvalue weighted by Crippen LogP contribution is 2.29. The molecule has 2 aliphatic rings. The number of fused-ring (bicyclic) bond motifs is 2. The quantitative estimate of drug-likeness (QED) is 0.443. The largest absolute Gasteiger partial charge is 0.379 e. The number of carbonyl (C=O) groups excluding carboxylic acids is 1. The molecule has 10 nitrogen and oxygen atoms in total. The van der Waals surface area contributed by atoms with Crippen molar-refractivity contribution in [3.8, 4) is 0 Å². The average molecular weight is 546 g/mol. The van der Waals surface area contributed by atoms with Gasteiger partial charge in [-0.2, -0.15) is 0 Å². The molecule has 0 spiro atoms. The number of halogens is 2. The molecule has 0 bridgehead atoms. The van der Waals surface area contributed by atoms with Gasteiger partial charge in [0.1, 0.15) is 11.6 Å². The van der Waals surface area contributed by atoms with Gasteiger partial charge in [0.25, 0.3) is 5.91 Å². The molecule has 3 aromatic heterocycles. The van der Waals surface area contributed by atoms with Crippen molar-refractivity contribution < 1.29 is 18.7 Å². The Morgan fingerprint density at radius 1 is 1.34 bits per heavy atom. The van der Waals surface area contributed by atoms with Gasteiger partial charge in [-0.25, -0.2) is 9.37 Å². The summed E-state index contributed by atoms with van der Waals surface area (Å²) in [4.78, 5) is 19.7. The fourth-order valence-electron chi connectivity index (χ4n) is 5.08. The van der Waals surface area contributed by atoms with Crippen LogP contribution < -0.4 is 16.0 Å². The van der Waals surface area contributed by atoms with Gasteiger partial charge in [0.15, 0.2) is 11.3 Å². The molecule has 4 atom stereocenters. The number of nitrogens with one attached hydrogen (secondary N) is 1. The van der Waals surface area contributed by atoms with E-state index in [1.54, 1.807) is 19.4 Å². The summed E-state index contributed by atoms with van der Waals surface area (Å²) in [6, 6.07) is 2.66. The molecule has 1 fully saturated rings. The predicted octanol–water partition coefficient (Wildman–Crippen LogP) is 2.49. The van der Waals surface area contributed by atoms with Crippen LogP contribution in [0.2, 0.25) is 5.02 Å². The summed E-state index contributed by atoms with van der Waals surface area (Å²) in [6.07, 6.45) is 3.10. The van der Waals surface area contributed by atoms with Crippen molar-refractivity contribution in [2.45, 2.75) is 63.9 Å². The zero-order valence-corrected chi connectivity index (χ0v) is 22.5. The van der Waals surface area contributed by atoms with E-state index in [9.17, 15) is 4.79 Å². The van der Waals surface area contributed by atoms with Crippen molar-refractivity contribution in [1.29, 1.82) is 0 Å². The summed E-state index contributed by atoms with van der Waals surface area (Å²) >= 11 is 6.32. The number of hydrogen-bond acceptors (Lipinski definition) is 8. The Bertz CT molecular complexity index is 1340. The summed E-state index contributed by atoms with van der Waals surface area (Å²) in [5.74, 6) is -0.133. The Hall–Kier alpha value is -2.86. The number of methoxy groups -OCH3 is 1. The lowest BCUT2D eigenvalue weighted by molar-refractivity contribution is -0.0166. The Morgan fingerprint density at radius 3 is 2.92 bits per heavy atom. The molecule has 4 heterocycles. The fraction of sp³-hybridized carbons (Fsp3) is 0.538. The van der Waals surface area contributed by atoms with Crippen molar-refractivity contribution in [2.75, 3.05) is 31.7 Å². The molecule has 1 aliphatic heterocycles. The second-order valence-corrected chi connectivity index (χ2v) is 10.4. The molecule has 4 unspecified atom stereocenters. The van der Waals surface area contributed by atoms with E-state index in [1.165, 1.54) is 6.07 Å². The van der Waals surface area contributed by atoms with Crippen LogP contribution in [0.4, 0.5) is 10.2 Å². The van der Waals surface area contributed by atoms with E-state index in [-0.39, 0.29) is 41.7 Å². The molecular formula is C26H33ClFN7O3. The minimum Gasteiger partial charge on any atom is -0.379 e. The number of nitrogens with zero attached hydrogens (tertiary/aromatic N) is 5. The molecular weight excluding hydrogens is 513 g/mol. The van der Waals surface area contributed by atoms with Crippen molar-refractivity contribution in [2.24, 2.45) is 5.73 Å². The number of aromatic nitrogens is 4. The molecule has 0 saturated carbocycles. The molecule has 1 amide bonds. The van der Waals surface area contributed by atoms with E-state index in [1.807, 2.05) is 23.3 Å². The van der Waals surface area contributed by atoms with Crippen molar-refractivity contribution in [1.82, 2.24) is 25.1 Å². The molecule has 204 valence electrons. The smallest absolute Gasteiger partial charge is 0.272 e. The molecule has 1 aliphatic carbocycles. The molecule has 3 N–H and O–H groups in total. The maximum Gasteiger partial charge on any atom is 0.272 e. The minimum atomic E-state index is -0.363. The van der Waals surface area contributed by atoms with Crippen molar-refractivity contribution >= 4 is 34.4 Å². The Balaban J connectivity index is 1.24. The summed E-state index contributed by atoms with van der Waals surface area (Å²) in [5.41, 5.74) is 8.33. The lowest BCUT2D eigenvalue weighted by atomic mass is 9.91. The number of nitrogens with two attached hydrogens (primary N) is 1. The van der Waals surface area contributed by atoms with E-state index in [2.05, 4.69) is 15.5 Å². The highest BCUT2D eigenvalue weighted by Gasteiger charge is 2.33. The van der Waals surface area contributed by atoms with E-state index in [4.69, 9.17) is 31.8 Å². The monoisotopic (exact) mass is 545 g/mol. The van der Waals surface area contributed by atoms with E-state index >= 15 is 4.39 Å². The van der Waals surface area contributed by atoms with Gasteiger partial charge in [-0.15, -0.1) is 10.2 Å². The molecule has 3 aromatic rings. The van der Waals surface area contributed by atoms with Gasteiger partial charge in [-0.3, -0.25) is 4.79 Å². The van der Waals surface area contributed by atoms with Crippen LogP contribution in [0, 0.1) is 5.82 Å². The van der Waals surface area contributed by atoms with Crippen LogP contribution in [0.15, 0.2) is 18.3 Å². The van der Waals surface area contributed by atoms with Crippen LogP contribution in [0.1, 0.15) is 42.0 Å². The van der Waals surface area contributed by atoms with Crippen LogP contribution in [0.5, 0.6) is 0 Å². The first kappa shape index (κ1) is 26.7. The van der Waals surface area contributed by atoms with Crippen molar-refractivity contribution in [3.05, 3.63) is 46.1 Å². The number of rotatable bonds is 8. The third-order valence-electron chi connectivity index (χ3n) is 7.38. The van der Waals surface area contributed by atoms with Gasteiger partial charge in [0.2, 0.25) is 0 Å². The average Bonchev–Trinajstić information content (AvgIpc) is 3.45. The minimum absolute atomic E-state index is 0.0280. The summed E-state index contributed by atoms with van der Waals surface area (Å²) in [7, 11) is 1.64. The number of aryl methyl sites for hydroxylation is 2. The first-order valence-electron chi connectivity index (χ1n) is 12.9. The second kappa shape index (κ2) is 11.1. The van der Waals surface area contributed by atoms with Gasteiger partial charge in [0.05, 0.1) is 29.9 Å². The zero-order chi connectivity index (χ0) is 27.0. The number of hydrogen-bond donors (Lipinski definition) is 2. The second-order valence-electron chi connectivity index (χ2n) is 10.0. The highest BCUT2D eigenvalue weighted by molar-refractivity contribution is 6.35. The van der Waals surface area contributed by atoms with Gasteiger partial charge < -0.3 is 30.0 Å². The molecule has 1 saturated heterocycles. The van der Waals surface area contributed by atoms with Gasteiger partial charge in [0, 0.05) is 61.7 Å². The lowest BCUT2D eigenvalue weighted by Crippen LogP contribution is -2.40. The van der Waals surface area contributed by atoms with Crippen LogP contribution >= 0.6 is 11.6 Å². The predicted molar refractivity (Wildman–Crippen MR) is 142 cm³/mol. The van der Waals surface area contributed by atoms with Crippen LogP contribution in [0.3, 0.4) is 0 Å². The zero-order valence-electron chi connectivity index (χ0n) is 21.8. The highest BCUT2D eigenvalue weighted by atomic mass is 35.5. The molecule has 38 heavy (non-hydrogen) atoms. The number of carbonyl (C=O) groups is 1. The van der Waals surface area contributed by atoms with Crippen LogP contribution in [-0.4, -0.2) is 76.8 Å². The van der Waals surface area contributed by atoms with Crippen LogP contribution in [0.25, 0.3) is 11.0 Å². The summed E-state index contributed by atoms with van der Waals surface area (Å²) in [6.45, 7) is 6.12. The normalized spacial score (nSPS) is 22.1. The van der Waals surface area contributed by atoms with Crippen molar-refractivity contribution in [3.63, 3.8) is 0 Å². The van der Waals surface area contributed by atoms with E-state index in [0.717, 1.165) is 0 Å². The third kappa shape index (κ3) is 5.33. The number of amides is 1. The molecule has 5 rings (SSSR count). The van der Waals surface area contributed by atoms with Gasteiger partial charge >= 0.3 is 0 Å². The number of pyridine rings is 1. The third-order valence-corrected chi connectivity index (χ3v) is 7.69. The topological polar surface area (TPSA) is 120 Å². The Labute approximate surface area is 225 Å². The van der Waals surface area contributed by atoms with E-state index < -0.39 is 0 Å². The van der Waals surface area contributed by atoms with Gasteiger partial charge in [-0.05, 0) is 39.2 Å². The van der Waals surface area contributed by atoms with E-state index in [0.29, 0.717) is 78.6 Å². The number of ether oxygens (including phenoxy) is 2. The maximum atomic E-state index is 15.3. The lowest BCUT2D eigenvalue weighted by Gasteiger charge is -2.27. The summed E-state index contributed by atoms with van der Waals surface area (Å²) < 4.78 is 28.3. The first-order valence-corrected chi connectivity index (χ1v) is 13.3. The Kier molecular flexibility index (Phi) is 7.80. The number of anilines is 1. The SMILES string of the molecule is CCn1cc(Cl)c2cc(C(=O)NC3CCc4nc(N5CC(N)C(OCC(C)OC)C5)cc(F)c4C3)nnc21. The fourth-order valence-corrected chi connectivity index (χ4v) is 5.34. The van der Waals surface area contributed by atoms with Gasteiger partial charge in [-0.1, -0.05) is 11.6 Å².